The summed E-state index contributed by atoms with van der Waals surface area (Å²) in [5.74, 6) is 5.93. The molecule has 1 heterocycles. The highest BCUT2D eigenvalue weighted by molar-refractivity contribution is 5.94. The minimum absolute atomic E-state index is 0.175. The van der Waals surface area contributed by atoms with Crippen molar-refractivity contribution in [3.05, 3.63) is 66.0 Å². The van der Waals surface area contributed by atoms with Gasteiger partial charge in [-0.2, -0.15) is 13.2 Å². The maximum absolute atomic E-state index is 12.7. The number of unbranched alkanes of at least 4 members (excludes halogenated alkanes) is 3. The zero-order valence-corrected chi connectivity index (χ0v) is 17.0. The number of nitrogens with two attached hydrogens (primary N) is 1. The molecule has 2 rings (SSSR count). The SMILES string of the molecule is CCCCCCNC(=O)c1ccc(N(N)/C(=C\CC(F)(F)F)c2cccnc2)cc1. The van der Waals surface area contributed by atoms with Crippen LogP contribution in [0.25, 0.3) is 5.70 Å². The second-order valence-electron chi connectivity index (χ2n) is 6.88. The van der Waals surface area contributed by atoms with Gasteiger partial charge in [-0.3, -0.25) is 14.8 Å². The minimum Gasteiger partial charge on any atom is -0.352 e. The monoisotopic (exact) mass is 420 g/mol. The van der Waals surface area contributed by atoms with Crippen molar-refractivity contribution in [2.24, 2.45) is 5.84 Å². The van der Waals surface area contributed by atoms with E-state index in [1.807, 2.05) is 0 Å². The number of allylic oxidation sites excluding steroid dienone is 1. The van der Waals surface area contributed by atoms with E-state index in [4.69, 9.17) is 5.84 Å². The number of alkyl halides is 3. The van der Waals surface area contributed by atoms with Crippen molar-refractivity contribution in [1.29, 1.82) is 0 Å². The van der Waals surface area contributed by atoms with Gasteiger partial charge in [-0.15, -0.1) is 0 Å². The first-order chi connectivity index (χ1) is 14.3. The van der Waals surface area contributed by atoms with Crippen molar-refractivity contribution in [3.63, 3.8) is 0 Å². The van der Waals surface area contributed by atoms with E-state index in [0.717, 1.165) is 36.8 Å². The lowest BCUT2D eigenvalue weighted by molar-refractivity contribution is -0.124. The maximum atomic E-state index is 12.7. The number of halogens is 3. The summed E-state index contributed by atoms with van der Waals surface area (Å²) < 4.78 is 38.2. The summed E-state index contributed by atoms with van der Waals surface area (Å²) in [5, 5.41) is 4.03. The van der Waals surface area contributed by atoms with Crippen molar-refractivity contribution >= 4 is 17.3 Å². The van der Waals surface area contributed by atoms with E-state index in [9.17, 15) is 18.0 Å². The molecule has 162 valence electrons. The number of hydrazine groups is 1. The van der Waals surface area contributed by atoms with Crippen LogP contribution >= 0.6 is 0 Å². The van der Waals surface area contributed by atoms with Crippen molar-refractivity contribution < 1.29 is 18.0 Å². The first-order valence-corrected chi connectivity index (χ1v) is 9.92. The molecule has 0 bridgehead atoms. The Kier molecular flexibility index (Phi) is 8.86. The Bertz CT molecular complexity index is 821. The molecular formula is C22H27F3N4O. The van der Waals surface area contributed by atoms with Crippen molar-refractivity contribution in [3.8, 4) is 0 Å². The third kappa shape index (κ3) is 7.51. The number of hydrogen-bond donors (Lipinski definition) is 2. The number of aromatic nitrogens is 1. The van der Waals surface area contributed by atoms with E-state index in [1.54, 1.807) is 36.4 Å². The molecule has 1 amide bonds. The van der Waals surface area contributed by atoms with Gasteiger partial charge in [0.15, 0.2) is 0 Å². The van der Waals surface area contributed by atoms with Gasteiger partial charge in [0.1, 0.15) is 0 Å². The molecule has 3 N–H and O–H groups in total. The Morgan fingerprint density at radius 1 is 1.13 bits per heavy atom. The van der Waals surface area contributed by atoms with Gasteiger partial charge in [0.2, 0.25) is 0 Å². The quantitative estimate of drug-likeness (QED) is 0.320. The molecule has 1 aromatic heterocycles. The Labute approximate surface area is 174 Å². The van der Waals surface area contributed by atoms with Gasteiger partial charge in [-0.25, -0.2) is 5.84 Å². The second-order valence-corrected chi connectivity index (χ2v) is 6.88. The summed E-state index contributed by atoms with van der Waals surface area (Å²) in [5.41, 5.74) is 1.54. The molecule has 0 fully saturated rings. The van der Waals surface area contributed by atoms with E-state index in [1.165, 1.54) is 12.4 Å². The summed E-state index contributed by atoms with van der Waals surface area (Å²) in [6.45, 7) is 2.73. The van der Waals surface area contributed by atoms with Crippen LogP contribution in [0.3, 0.4) is 0 Å². The van der Waals surface area contributed by atoms with E-state index >= 15 is 0 Å². The molecule has 0 saturated heterocycles. The highest BCUT2D eigenvalue weighted by Crippen LogP contribution is 2.27. The molecule has 0 atom stereocenters. The van der Waals surface area contributed by atoms with Crippen molar-refractivity contribution in [2.45, 2.75) is 45.2 Å². The molecule has 30 heavy (non-hydrogen) atoms. The molecule has 0 aliphatic rings. The lowest BCUT2D eigenvalue weighted by atomic mass is 10.1. The summed E-state index contributed by atoms with van der Waals surface area (Å²) in [4.78, 5) is 16.2. The smallest absolute Gasteiger partial charge is 0.352 e. The van der Waals surface area contributed by atoms with Crippen LogP contribution < -0.4 is 16.2 Å². The number of anilines is 1. The Balaban J connectivity index is 2.11. The van der Waals surface area contributed by atoms with Crippen LogP contribution in [0.5, 0.6) is 0 Å². The number of rotatable bonds is 10. The standard InChI is InChI=1S/C22H27F3N4O/c1-2-3-4-5-15-28-21(30)17-8-10-19(11-9-17)29(26)20(12-13-22(23,24)25)18-7-6-14-27-16-18/h6-12,14,16H,2-5,13,15,26H2,1H3,(H,28,30)/b20-12-. The lowest BCUT2D eigenvalue weighted by Crippen LogP contribution is -2.30. The third-order valence-electron chi connectivity index (χ3n) is 4.47. The molecule has 8 heteroatoms. The van der Waals surface area contributed by atoms with Gasteiger partial charge in [0.25, 0.3) is 5.91 Å². The molecule has 0 saturated carbocycles. The molecule has 0 spiro atoms. The number of nitrogens with zero attached hydrogens (tertiary/aromatic N) is 2. The largest absolute Gasteiger partial charge is 0.392 e. The summed E-state index contributed by atoms with van der Waals surface area (Å²) in [6, 6.07) is 9.66. The van der Waals surface area contributed by atoms with Gasteiger partial charge in [0, 0.05) is 30.1 Å². The second kappa shape index (κ2) is 11.3. The number of nitrogens with one attached hydrogen (secondary N) is 1. The molecule has 0 aliphatic carbocycles. The highest BCUT2D eigenvalue weighted by atomic mass is 19.4. The number of carbonyl (C=O) groups excluding carboxylic acids is 1. The summed E-state index contributed by atoms with van der Waals surface area (Å²) in [6.07, 6.45) is 2.78. The van der Waals surface area contributed by atoms with Crippen LogP contribution in [0.2, 0.25) is 0 Å². The van der Waals surface area contributed by atoms with Crippen LogP contribution in [0.1, 0.15) is 54.9 Å². The van der Waals surface area contributed by atoms with Crippen LogP contribution in [0.15, 0.2) is 54.9 Å². The summed E-state index contributed by atoms with van der Waals surface area (Å²) >= 11 is 0. The van der Waals surface area contributed by atoms with E-state index in [2.05, 4.69) is 17.2 Å². The van der Waals surface area contributed by atoms with Crippen LogP contribution in [0.4, 0.5) is 18.9 Å². The predicted octanol–water partition coefficient (Wildman–Crippen LogP) is 5.07. The van der Waals surface area contributed by atoms with Gasteiger partial charge in [-0.05, 0) is 48.9 Å². The number of carbonyl (C=O) groups is 1. The molecular weight excluding hydrogens is 393 g/mol. The average molecular weight is 420 g/mol. The fraction of sp³-hybridized carbons (Fsp3) is 0.364. The number of benzene rings is 1. The fourth-order valence-corrected chi connectivity index (χ4v) is 2.85. The lowest BCUT2D eigenvalue weighted by Gasteiger charge is -2.23. The van der Waals surface area contributed by atoms with E-state index < -0.39 is 12.6 Å². The van der Waals surface area contributed by atoms with Crippen LogP contribution in [0, 0.1) is 0 Å². The first kappa shape index (κ1) is 23.4. The van der Waals surface area contributed by atoms with Gasteiger partial charge >= 0.3 is 6.18 Å². The van der Waals surface area contributed by atoms with Gasteiger partial charge in [0.05, 0.1) is 17.8 Å². The highest BCUT2D eigenvalue weighted by Gasteiger charge is 2.26. The first-order valence-electron chi connectivity index (χ1n) is 9.92. The predicted molar refractivity (Wildman–Crippen MR) is 112 cm³/mol. The number of pyridine rings is 1. The van der Waals surface area contributed by atoms with Gasteiger partial charge < -0.3 is 5.32 Å². The van der Waals surface area contributed by atoms with Gasteiger partial charge in [-0.1, -0.05) is 26.2 Å². The van der Waals surface area contributed by atoms with E-state index in [0.29, 0.717) is 23.4 Å². The van der Waals surface area contributed by atoms with Crippen molar-refractivity contribution in [2.75, 3.05) is 11.6 Å². The minimum atomic E-state index is -4.35. The third-order valence-corrected chi connectivity index (χ3v) is 4.47. The molecule has 0 aliphatic heterocycles. The zero-order chi connectivity index (χ0) is 22.0. The topological polar surface area (TPSA) is 71.2 Å². The number of amides is 1. The molecule has 5 nitrogen and oxygen atoms in total. The normalized spacial score (nSPS) is 12.0. The molecule has 0 radical (unpaired) electrons. The molecule has 2 aromatic rings. The Hall–Kier alpha value is -2.87. The zero-order valence-electron chi connectivity index (χ0n) is 17.0. The number of hydrogen-bond acceptors (Lipinski definition) is 4. The average Bonchev–Trinajstić information content (AvgIpc) is 2.73. The fourth-order valence-electron chi connectivity index (χ4n) is 2.85. The van der Waals surface area contributed by atoms with Crippen LogP contribution in [-0.4, -0.2) is 23.6 Å². The molecule has 0 unspecified atom stereocenters. The summed E-state index contributed by atoms with van der Waals surface area (Å²) in [7, 11) is 0. The Morgan fingerprint density at radius 2 is 1.87 bits per heavy atom. The van der Waals surface area contributed by atoms with Crippen molar-refractivity contribution in [1.82, 2.24) is 10.3 Å². The Morgan fingerprint density at radius 3 is 2.47 bits per heavy atom. The van der Waals surface area contributed by atoms with Crippen LogP contribution in [-0.2, 0) is 0 Å². The maximum Gasteiger partial charge on any atom is 0.392 e. The molecule has 1 aromatic carbocycles. The van der Waals surface area contributed by atoms with E-state index in [-0.39, 0.29) is 11.6 Å².